The Morgan fingerprint density at radius 2 is 1.72 bits per heavy atom. The monoisotopic (exact) mass is 341 g/mol. The van der Waals surface area contributed by atoms with Crippen LogP contribution in [-0.4, -0.2) is 52.7 Å². The SMILES string of the molecule is Cc1nc(NCCC(C)C)cc(N2CCN(c3ncccn3)CC2)n1. The van der Waals surface area contributed by atoms with Crippen LogP contribution in [0.4, 0.5) is 17.6 Å². The molecule has 1 N–H and O–H groups in total. The van der Waals surface area contributed by atoms with Crippen molar-refractivity contribution in [1.82, 2.24) is 19.9 Å². The number of rotatable bonds is 6. The van der Waals surface area contributed by atoms with E-state index in [0.29, 0.717) is 5.92 Å². The molecule has 0 radical (unpaired) electrons. The Morgan fingerprint density at radius 3 is 2.40 bits per heavy atom. The average Bonchev–Trinajstić information content (AvgIpc) is 2.62. The van der Waals surface area contributed by atoms with Gasteiger partial charge in [0.2, 0.25) is 5.95 Å². The van der Waals surface area contributed by atoms with Gasteiger partial charge in [-0.3, -0.25) is 0 Å². The second kappa shape index (κ2) is 8.09. The molecule has 1 saturated heterocycles. The Balaban J connectivity index is 1.61. The van der Waals surface area contributed by atoms with Crippen LogP contribution in [0.2, 0.25) is 0 Å². The van der Waals surface area contributed by atoms with Gasteiger partial charge in [0.25, 0.3) is 0 Å². The topological polar surface area (TPSA) is 70.1 Å². The van der Waals surface area contributed by atoms with E-state index in [-0.39, 0.29) is 0 Å². The number of anilines is 3. The van der Waals surface area contributed by atoms with Crippen molar-refractivity contribution in [3.8, 4) is 0 Å². The molecule has 0 aliphatic carbocycles. The summed E-state index contributed by atoms with van der Waals surface area (Å²) in [6.45, 7) is 10.9. The van der Waals surface area contributed by atoms with Crippen LogP contribution >= 0.6 is 0 Å². The molecule has 3 heterocycles. The van der Waals surface area contributed by atoms with Crippen molar-refractivity contribution in [2.45, 2.75) is 27.2 Å². The molecule has 1 aliphatic heterocycles. The van der Waals surface area contributed by atoms with E-state index in [1.54, 1.807) is 12.4 Å². The minimum Gasteiger partial charge on any atom is -0.370 e. The maximum absolute atomic E-state index is 4.62. The highest BCUT2D eigenvalue weighted by atomic mass is 15.3. The normalized spacial score (nSPS) is 14.9. The quantitative estimate of drug-likeness (QED) is 0.865. The van der Waals surface area contributed by atoms with Crippen molar-refractivity contribution >= 4 is 17.6 Å². The molecule has 7 heteroatoms. The van der Waals surface area contributed by atoms with Crippen molar-refractivity contribution in [3.63, 3.8) is 0 Å². The molecule has 1 aliphatic rings. The maximum Gasteiger partial charge on any atom is 0.225 e. The van der Waals surface area contributed by atoms with Crippen LogP contribution in [-0.2, 0) is 0 Å². The number of piperazine rings is 1. The van der Waals surface area contributed by atoms with E-state index in [9.17, 15) is 0 Å². The van der Waals surface area contributed by atoms with E-state index in [1.165, 1.54) is 0 Å². The first-order valence-electron chi connectivity index (χ1n) is 8.98. The lowest BCUT2D eigenvalue weighted by molar-refractivity contribution is 0.606. The van der Waals surface area contributed by atoms with Crippen LogP contribution < -0.4 is 15.1 Å². The summed E-state index contributed by atoms with van der Waals surface area (Å²) in [5.41, 5.74) is 0. The molecule has 0 bridgehead atoms. The summed E-state index contributed by atoms with van der Waals surface area (Å²) < 4.78 is 0. The lowest BCUT2D eigenvalue weighted by atomic mass is 10.1. The third-order valence-electron chi connectivity index (χ3n) is 4.29. The molecule has 7 nitrogen and oxygen atoms in total. The van der Waals surface area contributed by atoms with Gasteiger partial charge in [-0.1, -0.05) is 13.8 Å². The molecule has 0 atom stereocenters. The fourth-order valence-electron chi connectivity index (χ4n) is 2.88. The molecule has 25 heavy (non-hydrogen) atoms. The van der Waals surface area contributed by atoms with Crippen LogP contribution in [0.15, 0.2) is 24.5 Å². The van der Waals surface area contributed by atoms with Gasteiger partial charge in [0.05, 0.1) is 0 Å². The van der Waals surface area contributed by atoms with Gasteiger partial charge in [0, 0.05) is 51.2 Å². The van der Waals surface area contributed by atoms with Crippen LogP contribution in [0.5, 0.6) is 0 Å². The molecular weight excluding hydrogens is 314 g/mol. The van der Waals surface area contributed by atoms with E-state index in [1.807, 2.05) is 13.0 Å². The molecule has 1 fully saturated rings. The van der Waals surface area contributed by atoms with Crippen molar-refractivity contribution < 1.29 is 0 Å². The van der Waals surface area contributed by atoms with E-state index < -0.39 is 0 Å². The predicted molar refractivity (Wildman–Crippen MR) is 101 cm³/mol. The van der Waals surface area contributed by atoms with Crippen LogP contribution in [0, 0.1) is 12.8 Å². The van der Waals surface area contributed by atoms with Gasteiger partial charge in [-0.25, -0.2) is 19.9 Å². The number of aromatic nitrogens is 4. The van der Waals surface area contributed by atoms with Gasteiger partial charge < -0.3 is 15.1 Å². The fourth-order valence-corrected chi connectivity index (χ4v) is 2.88. The lowest BCUT2D eigenvalue weighted by Gasteiger charge is -2.35. The third kappa shape index (κ3) is 4.78. The molecule has 0 spiro atoms. The average molecular weight is 341 g/mol. The Hall–Kier alpha value is -2.44. The van der Waals surface area contributed by atoms with Gasteiger partial charge in [-0.05, 0) is 25.3 Å². The zero-order valence-electron chi connectivity index (χ0n) is 15.3. The highest BCUT2D eigenvalue weighted by Gasteiger charge is 2.20. The predicted octanol–water partition coefficient (Wildman–Crippen LogP) is 2.36. The second-order valence-electron chi connectivity index (χ2n) is 6.79. The molecule has 2 aromatic rings. The molecule has 0 amide bonds. The zero-order valence-corrected chi connectivity index (χ0v) is 15.3. The Bertz CT molecular complexity index is 666. The highest BCUT2D eigenvalue weighted by molar-refractivity contribution is 5.50. The van der Waals surface area contributed by atoms with Crippen molar-refractivity contribution in [1.29, 1.82) is 0 Å². The number of nitrogens with one attached hydrogen (secondary N) is 1. The van der Waals surface area contributed by atoms with E-state index >= 15 is 0 Å². The largest absolute Gasteiger partial charge is 0.370 e. The Labute approximate surface area is 149 Å². The summed E-state index contributed by atoms with van der Waals surface area (Å²) in [4.78, 5) is 22.3. The van der Waals surface area contributed by atoms with Gasteiger partial charge >= 0.3 is 0 Å². The number of aryl methyl sites for hydroxylation is 1. The van der Waals surface area contributed by atoms with Crippen molar-refractivity contribution in [2.75, 3.05) is 47.8 Å². The number of hydrogen-bond acceptors (Lipinski definition) is 7. The standard InChI is InChI=1S/C18H27N7/c1-14(2)5-8-19-16-13-17(23-15(3)22-16)24-9-11-25(12-10-24)18-20-6-4-7-21-18/h4,6-7,13-14H,5,8-12H2,1-3H3,(H,19,22,23). The van der Waals surface area contributed by atoms with Gasteiger partial charge in [-0.2, -0.15) is 0 Å². The van der Waals surface area contributed by atoms with Crippen LogP contribution in [0.1, 0.15) is 26.1 Å². The Kier molecular flexibility index (Phi) is 5.63. The summed E-state index contributed by atoms with van der Waals surface area (Å²) in [6.07, 6.45) is 4.71. The van der Waals surface area contributed by atoms with Gasteiger partial charge in [0.1, 0.15) is 17.5 Å². The summed E-state index contributed by atoms with van der Waals surface area (Å²) in [6, 6.07) is 3.90. The van der Waals surface area contributed by atoms with E-state index in [0.717, 1.165) is 62.6 Å². The summed E-state index contributed by atoms with van der Waals surface area (Å²) in [7, 11) is 0. The smallest absolute Gasteiger partial charge is 0.225 e. The highest BCUT2D eigenvalue weighted by Crippen LogP contribution is 2.19. The molecule has 3 rings (SSSR count). The molecule has 0 saturated carbocycles. The summed E-state index contributed by atoms with van der Waals surface area (Å²) >= 11 is 0. The molecular formula is C18H27N7. The van der Waals surface area contributed by atoms with Crippen molar-refractivity contribution in [2.24, 2.45) is 5.92 Å². The van der Waals surface area contributed by atoms with E-state index in [2.05, 4.69) is 55.0 Å². The van der Waals surface area contributed by atoms with Crippen LogP contribution in [0.25, 0.3) is 0 Å². The molecule has 134 valence electrons. The van der Waals surface area contributed by atoms with Crippen molar-refractivity contribution in [3.05, 3.63) is 30.4 Å². The minimum atomic E-state index is 0.684. The number of hydrogen-bond donors (Lipinski definition) is 1. The lowest BCUT2D eigenvalue weighted by Crippen LogP contribution is -2.47. The summed E-state index contributed by atoms with van der Waals surface area (Å²) in [5.74, 6) is 4.20. The fraction of sp³-hybridized carbons (Fsp3) is 0.556. The minimum absolute atomic E-state index is 0.684. The maximum atomic E-state index is 4.62. The summed E-state index contributed by atoms with van der Waals surface area (Å²) in [5, 5.41) is 3.42. The van der Waals surface area contributed by atoms with E-state index in [4.69, 9.17) is 0 Å². The van der Waals surface area contributed by atoms with Gasteiger partial charge in [0.15, 0.2) is 0 Å². The number of nitrogens with zero attached hydrogens (tertiary/aromatic N) is 6. The second-order valence-corrected chi connectivity index (χ2v) is 6.79. The Morgan fingerprint density at radius 1 is 1.04 bits per heavy atom. The first-order valence-corrected chi connectivity index (χ1v) is 8.98. The van der Waals surface area contributed by atoms with Gasteiger partial charge in [-0.15, -0.1) is 0 Å². The zero-order chi connectivity index (χ0) is 17.6. The first-order chi connectivity index (χ1) is 12.1. The third-order valence-corrected chi connectivity index (χ3v) is 4.29. The first kappa shape index (κ1) is 17.4. The molecule has 0 unspecified atom stereocenters. The van der Waals surface area contributed by atoms with Crippen LogP contribution in [0.3, 0.4) is 0 Å². The molecule has 2 aromatic heterocycles. The molecule has 0 aromatic carbocycles.